The van der Waals surface area contributed by atoms with Crippen molar-refractivity contribution in [2.45, 2.75) is 31.8 Å². The minimum atomic E-state index is 0.427. The van der Waals surface area contributed by atoms with Gasteiger partial charge in [0, 0.05) is 25.2 Å². The Hall–Kier alpha value is -2.38. The summed E-state index contributed by atoms with van der Waals surface area (Å²) >= 11 is 0. The number of rotatable bonds is 4. The molecule has 0 aliphatic carbocycles. The standard InChI is InChI=1S/C19H22N4/c1-15(16-6-3-2-4-7-16)23-12-10-17(11-13-23)21-19-9-5-8-18(14-20)22-19/h2-9,15,17H,10-13H2,1H3,(H,21,22). The van der Waals surface area contributed by atoms with Gasteiger partial charge in [0.2, 0.25) is 0 Å². The number of piperidine rings is 1. The molecule has 4 nitrogen and oxygen atoms in total. The van der Waals surface area contributed by atoms with Gasteiger partial charge in [0.1, 0.15) is 17.6 Å². The number of aromatic nitrogens is 1. The molecule has 1 aromatic carbocycles. The van der Waals surface area contributed by atoms with Gasteiger partial charge >= 0.3 is 0 Å². The highest BCUT2D eigenvalue weighted by molar-refractivity contribution is 5.39. The minimum absolute atomic E-state index is 0.427. The number of nitriles is 1. The quantitative estimate of drug-likeness (QED) is 0.938. The summed E-state index contributed by atoms with van der Waals surface area (Å²) < 4.78 is 0. The Balaban J connectivity index is 1.55. The Labute approximate surface area is 137 Å². The molecule has 1 atom stereocenters. The van der Waals surface area contributed by atoms with E-state index in [9.17, 15) is 0 Å². The van der Waals surface area contributed by atoms with Gasteiger partial charge in [0.05, 0.1) is 0 Å². The number of nitrogens with zero attached hydrogens (tertiary/aromatic N) is 3. The maximum absolute atomic E-state index is 8.92. The van der Waals surface area contributed by atoms with E-state index in [1.807, 2.05) is 12.1 Å². The Morgan fingerprint density at radius 3 is 2.57 bits per heavy atom. The number of hydrogen-bond acceptors (Lipinski definition) is 4. The summed E-state index contributed by atoms with van der Waals surface area (Å²) in [6, 6.07) is 19.2. The topological polar surface area (TPSA) is 52.0 Å². The number of pyridine rings is 1. The SMILES string of the molecule is CC(c1ccccc1)N1CCC(Nc2cccc(C#N)n2)CC1. The fourth-order valence-electron chi connectivity index (χ4n) is 3.16. The second kappa shape index (κ2) is 7.26. The zero-order chi connectivity index (χ0) is 16.1. The van der Waals surface area contributed by atoms with Crippen LogP contribution in [0, 0.1) is 11.3 Å². The lowest BCUT2D eigenvalue weighted by molar-refractivity contribution is 0.167. The molecule has 0 spiro atoms. The molecule has 1 aliphatic rings. The number of nitrogens with one attached hydrogen (secondary N) is 1. The first-order valence-electron chi connectivity index (χ1n) is 8.19. The van der Waals surface area contributed by atoms with Crippen molar-refractivity contribution < 1.29 is 0 Å². The first kappa shape index (κ1) is 15.5. The largest absolute Gasteiger partial charge is 0.367 e. The van der Waals surface area contributed by atoms with Crippen LogP contribution in [0.15, 0.2) is 48.5 Å². The molecule has 3 rings (SSSR count). The van der Waals surface area contributed by atoms with E-state index >= 15 is 0 Å². The second-order valence-electron chi connectivity index (χ2n) is 6.06. The highest BCUT2D eigenvalue weighted by Crippen LogP contribution is 2.25. The van der Waals surface area contributed by atoms with E-state index in [2.05, 4.69) is 58.5 Å². The molecule has 4 heteroatoms. The Morgan fingerprint density at radius 1 is 1.13 bits per heavy atom. The predicted octanol–water partition coefficient (Wildman–Crippen LogP) is 3.59. The van der Waals surface area contributed by atoms with E-state index < -0.39 is 0 Å². The summed E-state index contributed by atoms with van der Waals surface area (Å²) in [5, 5.41) is 12.4. The third-order valence-corrected chi connectivity index (χ3v) is 4.57. The van der Waals surface area contributed by atoms with Crippen LogP contribution in [0.5, 0.6) is 0 Å². The monoisotopic (exact) mass is 306 g/mol. The van der Waals surface area contributed by atoms with E-state index in [1.54, 1.807) is 6.07 Å². The van der Waals surface area contributed by atoms with Crippen molar-refractivity contribution in [1.82, 2.24) is 9.88 Å². The molecule has 0 radical (unpaired) electrons. The normalized spacial score (nSPS) is 17.4. The first-order chi connectivity index (χ1) is 11.3. The summed E-state index contributed by atoms with van der Waals surface area (Å²) in [5.41, 5.74) is 1.84. The van der Waals surface area contributed by atoms with Crippen molar-refractivity contribution in [3.05, 3.63) is 59.8 Å². The molecule has 0 bridgehead atoms. The van der Waals surface area contributed by atoms with Gasteiger partial charge in [-0.15, -0.1) is 0 Å². The van der Waals surface area contributed by atoms with Crippen LogP contribution in [0.2, 0.25) is 0 Å². The van der Waals surface area contributed by atoms with Gasteiger partial charge < -0.3 is 5.32 Å². The van der Waals surface area contributed by atoms with Gasteiger partial charge in [-0.3, -0.25) is 4.90 Å². The fraction of sp³-hybridized carbons (Fsp3) is 0.368. The smallest absolute Gasteiger partial charge is 0.142 e. The lowest BCUT2D eigenvalue weighted by atomic mass is 10.00. The van der Waals surface area contributed by atoms with Crippen molar-refractivity contribution in [2.75, 3.05) is 18.4 Å². The lowest BCUT2D eigenvalue weighted by Gasteiger charge is -2.36. The summed E-state index contributed by atoms with van der Waals surface area (Å²) in [4.78, 5) is 6.84. The summed E-state index contributed by atoms with van der Waals surface area (Å²) in [5.74, 6) is 0.804. The lowest BCUT2D eigenvalue weighted by Crippen LogP contribution is -2.40. The van der Waals surface area contributed by atoms with E-state index in [1.165, 1.54) is 5.56 Å². The Kier molecular flexibility index (Phi) is 4.89. The van der Waals surface area contributed by atoms with E-state index in [0.717, 1.165) is 31.7 Å². The van der Waals surface area contributed by atoms with Crippen molar-refractivity contribution in [3.8, 4) is 6.07 Å². The molecule has 118 valence electrons. The molecule has 1 N–H and O–H groups in total. The third-order valence-electron chi connectivity index (χ3n) is 4.57. The third kappa shape index (κ3) is 3.88. The molecule has 2 aromatic rings. The summed E-state index contributed by atoms with van der Waals surface area (Å²) in [6.07, 6.45) is 2.19. The molecule has 1 unspecified atom stereocenters. The zero-order valence-corrected chi connectivity index (χ0v) is 13.4. The number of likely N-dealkylation sites (tertiary alicyclic amines) is 1. The van der Waals surface area contributed by atoms with Crippen molar-refractivity contribution >= 4 is 5.82 Å². The minimum Gasteiger partial charge on any atom is -0.367 e. The number of hydrogen-bond donors (Lipinski definition) is 1. The molecule has 1 saturated heterocycles. The molecule has 0 saturated carbocycles. The predicted molar refractivity (Wildman–Crippen MR) is 92.0 cm³/mol. The fourth-order valence-corrected chi connectivity index (χ4v) is 3.16. The van der Waals surface area contributed by atoms with Crippen LogP contribution in [-0.4, -0.2) is 29.0 Å². The first-order valence-corrected chi connectivity index (χ1v) is 8.19. The van der Waals surface area contributed by atoms with Crippen LogP contribution in [0.4, 0.5) is 5.82 Å². The Bertz CT molecular complexity index is 669. The van der Waals surface area contributed by atoms with Crippen LogP contribution >= 0.6 is 0 Å². The van der Waals surface area contributed by atoms with Gasteiger partial charge in [-0.2, -0.15) is 5.26 Å². The van der Waals surface area contributed by atoms with Crippen LogP contribution < -0.4 is 5.32 Å². The van der Waals surface area contributed by atoms with Crippen LogP contribution in [0.1, 0.15) is 37.1 Å². The van der Waals surface area contributed by atoms with Gasteiger partial charge in [0.25, 0.3) is 0 Å². The highest BCUT2D eigenvalue weighted by atomic mass is 15.2. The van der Waals surface area contributed by atoms with Gasteiger partial charge in [-0.05, 0) is 37.5 Å². The van der Waals surface area contributed by atoms with E-state index in [0.29, 0.717) is 17.8 Å². The number of benzene rings is 1. The van der Waals surface area contributed by atoms with Gasteiger partial charge in [-0.1, -0.05) is 36.4 Å². The van der Waals surface area contributed by atoms with Gasteiger partial charge in [-0.25, -0.2) is 4.98 Å². The van der Waals surface area contributed by atoms with Crippen molar-refractivity contribution in [1.29, 1.82) is 5.26 Å². The van der Waals surface area contributed by atoms with Crippen LogP contribution in [-0.2, 0) is 0 Å². The molecule has 2 heterocycles. The molecule has 0 amide bonds. The van der Waals surface area contributed by atoms with Crippen LogP contribution in [0.25, 0.3) is 0 Å². The molecule has 1 aromatic heterocycles. The highest BCUT2D eigenvalue weighted by Gasteiger charge is 2.23. The van der Waals surface area contributed by atoms with Crippen molar-refractivity contribution in [3.63, 3.8) is 0 Å². The maximum atomic E-state index is 8.92. The zero-order valence-electron chi connectivity index (χ0n) is 13.4. The van der Waals surface area contributed by atoms with E-state index in [-0.39, 0.29) is 0 Å². The number of anilines is 1. The molecule has 1 fully saturated rings. The average molecular weight is 306 g/mol. The van der Waals surface area contributed by atoms with E-state index in [4.69, 9.17) is 5.26 Å². The summed E-state index contributed by atoms with van der Waals surface area (Å²) in [6.45, 7) is 4.43. The van der Waals surface area contributed by atoms with Crippen molar-refractivity contribution in [2.24, 2.45) is 0 Å². The molecule has 23 heavy (non-hydrogen) atoms. The Morgan fingerprint density at radius 2 is 1.87 bits per heavy atom. The van der Waals surface area contributed by atoms with Crippen LogP contribution in [0.3, 0.4) is 0 Å². The molecule has 1 aliphatic heterocycles. The maximum Gasteiger partial charge on any atom is 0.142 e. The molecular formula is C19H22N4. The average Bonchev–Trinajstić information content (AvgIpc) is 2.63. The molecular weight excluding hydrogens is 284 g/mol. The van der Waals surface area contributed by atoms with Gasteiger partial charge in [0.15, 0.2) is 0 Å². The summed E-state index contributed by atoms with van der Waals surface area (Å²) in [7, 11) is 0. The second-order valence-corrected chi connectivity index (χ2v) is 6.06.